The zero-order valence-electron chi connectivity index (χ0n) is 25.5. The van der Waals surface area contributed by atoms with Gasteiger partial charge in [-0.25, -0.2) is 0 Å². The number of carbonyl (C=O) groups excluding carboxylic acids is 2. The van der Waals surface area contributed by atoms with E-state index in [9.17, 15) is 9.59 Å². The standard InChI is InChI=1S/C35H46N4O2/c1-25-6-7-30(20-31(25)21-33(40)29-12-16-38(17-13-29)24-35(2,3)4)34(41)39-18-14-28(15-19-39)26-8-10-27(11-9-26)32-22-36-37(5)23-32/h6-11,20,22-23,28-29H,12-19,21,24H2,1-5H3. The molecule has 1 amide bonds. The molecule has 0 saturated carbocycles. The van der Waals surface area contributed by atoms with Crippen molar-refractivity contribution in [2.24, 2.45) is 18.4 Å². The van der Waals surface area contributed by atoms with E-state index in [-0.39, 0.29) is 17.2 Å². The maximum atomic E-state index is 13.5. The molecule has 2 aliphatic rings. The van der Waals surface area contributed by atoms with Crippen LogP contribution in [0.3, 0.4) is 0 Å². The molecule has 0 atom stereocenters. The van der Waals surface area contributed by atoms with E-state index >= 15 is 0 Å². The first-order valence-electron chi connectivity index (χ1n) is 15.3. The van der Waals surface area contributed by atoms with Gasteiger partial charge in [-0.3, -0.25) is 14.3 Å². The number of Topliss-reactive ketones (excluding diaryl/α,β-unsaturated/α-hetero) is 1. The van der Waals surface area contributed by atoms with E-state index in [1.807, 2.05) is 54.1 Å². The summed E-state index contributed by atoms with van der Waals surface area (Å²) in [6.45, 7) is 13.4. The van der Waals surface area contributed by atoms with Gasteiger partial charge in [0.1, 0.15) is 5.78 Å². The molecule has 0 spiro atoms. The van der Waals surface area contributed by atoms with E-state index in [1.54, 1.807) is 0 Å². The number of hydrogen-bond acceptors (Lipinski definition) is 4. The molecule has 6 heteroatoms. The zero-order chi connectivity index (χ0) is 29.1. The molecular weight excluding hydrogens is 508 g/mol. The largest absolute Gasteiger partial charge is 0.339 e. The lowest BCUT2D eigenvalue weighted by Crippen LogP contribution is -2.41. The Kier molecular flexibility index (Phi) is 8.79. The Balaban J connectivity index is 1.15. The lowest BCUT2D eigenvalue weighted by molar-refractivity contribution is -0.123. The van der Waals surface area contributed by atoms with Crippen LogP contribution in [0.1, 0.15) is 79.4 Å². The van der Waals surface area contributed by atoms with Gasteiger partial charge in [0.15, 0.2) is 0 Å². The van der Waals surface area contributed by atoms with Crippen LogP contribution in [0.25, 0.3) is 11.1 Å². The Labute approximate surface area is 245 Å². The van der Waals surface area contributed by atoms with Crippen LogP contribution in [0.2, 0.25) is 0 Å². The summed E-state index contributed by atoms with van der Waals surface area (Å²) in [5.74, 6) is 0.994. The molecule has 0 aliphatic carbocycles. The van der Waals surface area contributed by atoms with E-state index in [2.05, 4.69) is 55.0 Å². The van der Waals surface area contributed by atoms with Crippen molar-refractivity contribution in [3.8, 4) is 11.1 Å². The van der Waals surface area contributed by atoms with Crippen molar-refractivity contribution in [3.63, 3.8) is 0 Å². The van der Waals surface area contributed by atoms with Crippen molar-refractivity contribution < 1.29 is 9.59 Å². The number of carbonyl (C=O) groups is 2. The first-order chi connectivity index (χ1) is 19.6. The van der Waals surface area contributed by atoms with Gasteiger partial charge in [-0.05, 0) is 91.4 Å². The second-order valence-electron chi connectivity index (χ2n) is 13.5. The molecule has 41 heavy (non-hydrogen) atoms. The van der Waals surface area contributed by atoms with Crippen molar-refractivity contribution in [1.29, 1.82) is 0 Å². The molecule has 0 N–H and O–H groups in total. The number of aromatic nitrogens is 2. The third kappa shape index (κ3) is 7.34. The van der Waals surface area contributed by atoms with E-state index in [0.29, 0.717) is 23.7 Å². The normalized spacial score (nSPS) is 17.6. The molecule has 2 aromatic carbocycles. The minimum absolute atomic E-state index is 0.0829. The summed E-state index contributed by atoms with van der Waals surface area (Å²) in [6.07, 6.45) is 8.15. The molecular formula is C35H46N4O2. The highest BCUT2D eigenvalue weighted by molar-refractivity contribution is 5.95. The van der Waals surface area contributed by atoms with Gasteiger partial charge < -0.3 is 9.80 Å². The highest BCUT2D eigenvalue weighted by Crippen LogP contribution is 2.31. The van der Waals surface area contributed by atoms with Crippen LogP contribution in [-0.4, -0.2) is 64.0 Å². The summed E-state index contributed by atoms with van der Waals surface area (Å²) in [7, 11) is 1.93. The van der Waals surface area contributed by atoms with Gasteiger partial charge >= 0.3 is 0 Å². The summed E-state index contributed by atoms with van der Waals surface area (Å²) >= 11 is 0. The Morgan fingerprint density at radius 2 is 1.59 bits per heavy atom. The molecule has 0 radical (unpaired) electrons. The second-order valence-corrected chi connectivity index (χ2v) is 13.5. The minimum Gasteiger partial charge on any atom is -0.339 e. The van der Waals surface area contributed by atoms with Crippen molar-refractivity contribution in [2.45, 2.75) is 65.7 Å². The number of likely N-dealkylation sites (tertiary alicyclic amines) is 2. The molecule has 2 fully saturated rings. The summed E-state index contributed by atoms with van der Waals surface area (Å²) in [6, 6.07) is 14.7. The van der Waals surface area contributed by atoms with Gasteiger partial charge in [0.2, 0.25) is 0 Å². The van der Waals surface area contributed by atoms with Crippen molar-refractivity contribution in [2.75, 3.05) is 32.7 Å². The molecule has 0 bridgehead atoms. The number of nitrogens with zero attached hydrogens (tertiary/aromatic N) is 4. The molecule has 1 aromatic heterocycles. The molecule has 6 nitrogen and oxygen atoms in total. The molecule has 218 valence electrons. The van der Waals surface area contributed by atoms with E-state index in [0.717, 1.165) is 75.1 Å². The van der Waals surface area contributed by atoms with E-state index < -0.39 is 0 Å². The molecule has 2 aliphatic heterocycles. The number of benzene rings is 2. The van der Waals surface area contributed by atoms with Crippen LogP contribution < -0.4 is 0 Å². The lowest BCUT2D eigenvalue weighted by atomic mass is 9.86. The fourth-order valence-electron chi connectivity index (χ4n) is 6.53. The van der Waals surface area contributed by atoms with Gasteiger partial charge in [0, 0.05) is 56.3 Å². The van der Waals surface area contributed by atoms with Crippen LogP contribution in [0.5, 0.6) is 0 Å². The minimum atomic E-state index is 0.0829. The summed E-state index contributed by atoms with van der Waals surface area (Å²) in [5.41, 5.74) is 6.72. The molecule has 0 unspecified atom stereocenters. The molecule has 3 heterocycles. The Morgan fingerprint density at radius 1 is 0.902 bits per heavy atom. The first kappa shape index (κ1) is 29.2. The van der Waals surface area contributed by atoms with Gasteiger partial charge in [-0.1, -0.05) is 51.1 Å². The van der Waals surface area contributed by atoms with Gasteiger partial charge in [0.25, 0.3) is 5.91 Å². The van der Waals surface area contributed by atoms with Crippen LogP contribution in [0.4, 0.5) is 0 Å². The lowest BCUT2D eigenvalue weighted by Gasteiger charge is -2.35. The van der Waals surface area contributed by atoms with Crippen LogP contribution in [-0.2, 0) is 18.3 Å². The quantitative estimate of drug-likeness (QED) is 0.345. The van der Waals surface area contributed by atoms with Gasteiger partial charge in [0.05, 0.1) is 6.20 Å². The van der Waals surface area contributed by atoms with E-state index in [4.69, 9.17) is 0 Å². The van der Waals surface area contributed by atoms with Crippen LogP contribution in [0.15, 0.2) is 54.9 Å². The number of amides is 1. The summed E-state index contributed by atoms with van der Waals surface area (Å²) in [5, 5.41) is 4.27. The fraction of sp³-hybridized carbons (Fsp3) is 0.514. The molecule has 3 aromatic rings. The summed E-state index contributed by atoms with van der Waals surface area (Å²) in [4.78, 5) is 31.2. The monoisotopic (exact) mass is 554 g/mol. The predicted molar refractivity (Wildman–Crippen MR) is 165 cm³/mol. The van der Waals surface area contributed by atoms with Gasteiger partial charge in [-0.2, -0.15) is 5.10 Å². The van der Waals surface area contributed by atoms with Crippen molar-refractivity contribution in [1.82, 2.24) is 19.6 Å². The SMILES string of the molecule is Cc1ccc(C(=O)N2CCC(c3ccc(-c4cnn(C)c4)cc3)CC2)cc1CC(=O)C1CCN(CC(C)(C)C)CC1. The Morgan fingerprint density at radius 3 is 2.20 bits per heavy atom. The van der Waals surface area contributed by atoms with Crippen molar-refractivity contribution in [3.05, 3.63) is 77.1 Å². The zero-order valence-corrected chi connectivity index (χ0v) is 25.5. The highest BCUT2D eigenvalue weighted by Gasteiger charge is 2.28. The molecule has 2 saturated heterocycles. The Bertz CT molecular complexity index is 1350. The van der Waals surface area contributed by atoms with E-state index in [1.165, 1.54) is 11.1 Å². The smallest absolute Gasteiger partial charge is 0.253 e. The number of aryl methyl sites for hydroxylation is 2. The highest BCUT2D eigenvalue weighted by atomic mass is 16.2. The topological polar surface area (TPSA) is 58.4 Å². The third-order valence-corrected chi connectivity index (χ3v) is 8.90. The van der Waals surface area contributed by atoms with Crippen LogP contribution in [0, 0.1) is 18.3 Å². The summed E-state index contributed by atoms with van der Waals surface area (Å²) < 4.78 is 1.82. The van der Waals surface area contributed by atoms with Gasteiger partial charge in [-0.15, -0.1) is 0 Å². The van der Waals surface area contributed by atoms with Crippen LogP contribution >= 0.6 is 0 Å². The number of hydrogen-bond donors (Lipinski definition) is 0. The fourth-order valence-corrected chi connectivity index (χ4v) is 6.53. The predicted octanol–water partition coefficient (Wildman–Crippen LogP) is 6.29. The third-order valence-electron chi connectivity index (χ3n) is 8.90. The molecule has 5 rings (SSSR count). The Hall–Kier alpha value is -3.25. The average Bonchev–Trinajstić information content (AvgIpc) is 3.39. The first-order valence-corrected chi connectivity index (χ1v) is 15.3. The van der Waals surface area contributed by atoms with Crippen molar-refractivity contribution >= 4 is 11.7 Å². The number of piperidine rings is 2. The average molecular weight is 555 g/mol. The number of rotatable bonds is 7. The maximum absolute atomic E-state index is 13.5. The second kappa shape index (κ2) is 12.3. The maximum Gasteiger partial charge on any atom is 0.253 e. The number of ketones is 1.